The zero-order valence-corrected chi connectivity index (χ0v) is 9.29. The number of aliphatic hydroxyl groups is 1. The molecule has 0 radical (unpaired) electrons. The molecule has 0 bridgehead atoms. The Morgan fingerprint density at radius 3 is 2.36 bits per heavy atom. The molecule has 14 heavy (non-hydrogen) atoms. The van der Waals surface area contributed by atoms with E-state index in [1.165, 1.54) is 0 Å². The van der Waals surface area contributed by atoms with Gasteiger partial charge >= 0.3 is 0 Å². The molecule has 0 aromatic rings. The van der Waals surface area contributed by atoms with Crippen molar-refractivity contribution in [2.24, 2.45) is 17.6 Å². The molecule has 4 nitrogen and oxygen atoms in total. The monoisotopic (exact) mass is 202 g/mol. The largest absolute Gasteiger partial charge is 0.394 e. The fraction of sp³-hybridized carbons (Fsp3) is 0.900. The van der Waals surface area contributed by atoms with Gasteiger partial charge in [-0.15, -0.1) is 0 Å². The standard InChI is InChI=1S/C10H22N2O2/c1-7(2)9(6-13)12-10(14)4-8(3)5-11/h7-9,13H,4-6,11H2,1-3H3,(H,12,14)/t8?,9-/m1/s1. The van der Waals surface area contributed by atoms with Crippen molar-refractivity contribution in [1.82, 2.24) is 5.32 Å². The van der Waals surface area contributed by atoms with Crippen LogP contribution in [0.3, 0.4) is 0 Å². The maximum Gasteiger partial charge on any atom is 0.220 e. The van der Waals surface area contributed by atoms with Crippen molar-refractivity contribution >= 4 is 5.91 Å². The van der Waals surface area contributed by atoms with Gasteiger partial charge in [-0.2, -0.15) is 0 Å². The highest BCUT2D eigenvalue weighted by Gasteiger charge is 2.15. The maximum absolute atomic E-state index is 11.4. The van der Waals surface area contributed by atoms with E-state index in [4.69, 9.17) is 10.8 Å². The first kappa shape index (κ1) is 13.4. The van der Waals surface area contributed by atoms with Crippen molar-refractivity contribution in [3.8, 4) is 0 Å². The molecule has 0 spiro atoms. The van der Waals surface area contributed by atoms with E-state index in [2.05, 4.69) is 5.32 Å². The number of carbonyl (C=O) groups is 1. The third kappa shape index (κ3) is 5.19. The topological polar surface area (TPSA) is 75.4 Å². The summed E-state index contributed by atoms with van der Waals surface area (Å²) in [4.78, 5) is 11.4. The van der Waals surface area contributed by atoms with Gasteiger partial charge in [-0.3, -0.25) is 4.79 Å². The van der Waals surface area contributed by atoms with Gasteiger partial charge in [-0.25, -0.2) is 0 Å². The summed E-state index contributed by atoms with van der Waals surface area (Å²) in [5.74, 6) is 0.411. The van der Waals surface area contributed by atoms with Gasteiger partial charge in [0.1, 0.15) is 0 Å². The van der Waals surface area contributed by atoms with Crippen LogP contribution in [0.4, 0.5) is 0 Å². The minimum Gasteiger partial charge on any atom is -0.394 e. The molecule has 2 atom stereocenters. The Morgan fingerprint density at radius 1 is 1.43 bits per heavy atom. The number of rotatable bonds is 6. The van der Waals surface area contributed by atoms with Crippen LogP contribution in [0.5, 0.6) is 0 Å². The predicted molar refractivity (Wildman–Crippen MR) is 56.7 cm³/mol. The Kier molecular flexibility index (Phi) is 6.49. The van der Waals surface area contributed by atoms with Crippen molar-refractivity contribution in [1.29, 1.82) is 0 Å². The van der Waals surface area contributed by atoms with Gasteiger partial charge in [0.15, 0.2) is 0 Å². The van der Waals surface area contributed by atoms with Crippen LogP contribution >= 0.6 is 0 Å². The molecule has 0 aromatic heterocycles. The Bertz CT molecular complexity index is 172. The second-order valence-electron chi connectivity index (χ2n) is 4.15. The SMILES string of the molecule is CC(CN)CC(=O)N[C@H](CO)C(C)C. The zero-order valence-electron chi connectivity index (χ0n) is 9.29. The van der Waals surface area contributed by atoms with Crippen molar-refractivity contribution in [2.45, 2.75) is 33.2 Å². The Labute approximate surface area is 85.9 Å². The van der Waals surface area contributed by atoms with Crippen LogP contribution in [-0.2, 0) is 4.79 Å². The maximum atomic E-state index is 11.4. The zero-order chi connectivity index (χ0) is 11.1. The summed E-state index contributed by atoms with van der Waals surface area (Å²) in [7, 11) is 0. The lowest BCUT2D eigenvalue weighted by molar-refractivity contribution is -0.123. The molecule has 1 unspecified atom stereocenters. The summed E-state index contributed by atoms with van der Waals surface area (Å²) >= 11 is 0. The first-order valence-electron chi connectivity index (χ1n) is 5.11. The van der Waals surface area contributed by atoms with Gasteiger partial charge in [-0.05, 0) is 18.4 Å². The van der Waals surface area contributed by atoms with Crippen LogP contribution < -0.4 is 11.1 Å². The summed E-state index contributed by atoms with van der Waals surface area (Å²) in [5, 5.41) is 11.8. The fourth-order valence-corrected chi connectivity index (χ4v) is 1.09. The number of hydrogen-bond acceptors (Lipinski definition) is 3. The van der Waals surface area contributed by atoms with Crippen LogP contribution in [0.2, 0.25) is 0 Å². The molecular formula is C10H22N2O2. The van der Waals surface area contributed by atoms with Crippen LogP contribution in [0, 0.1) is 11.8 Å². The second-order valence-corrected chi connectivity index (χ2v) is 4.15. The fourth-order valence-electron chi connectivity index (χ4n) is 1.09. The number of nitrogens with two attached hydrogens (primary N) is 1. The van der Waals surface area contributed by atoms with Crippen molar-refractivity contribution < 1.29 is 9.90 Å². The molecule has 0 aliphatic carbocycles. The first-order valence-corrected chi connectivity index (χ1v) is 5.11. The summed E-state index contributed by atoms with van der Waals surface area (Å²) in [5.41, 5.74) is 5.41. The number of hydrogen-bond donors (Lipinski definition) is 3. The molecule has 0 saturated carbocycles. The molecule has 0 saturated heterocycles. The first-order chi connectivity index (χ1) is 6.51. The van der Waals surface area contributed by atoms with Crippen molar-refractivity contribution in [2.75, 3.05) is 13.2 Å². The molecule has 0 fully saturated rings. The quantitative estimate of drug-likeness (QED) is 0.572. The minimum absolute atomic E-state index is 0.0135. The average molecular weight is 202 g/mol. The number of amides is 1. The summed E-state index contributed by atoms with van der Waals surface area (Å²) < 4.78 is 0. The molecule has 1 amide bonds. The Balaban J connectivity index is 3.91. The summed E-state index contributed by atoms with van der Waals surface area (Å²) in [6.45, 7) is 6.36. The van der Waals surface area contributed by atoms with Crippen LogP contribution in [0.15, 0.2) is 0 Å². The van der Waals surface area contributed by atoms with Crippen molar-refractivity contribution in [3.63, 3.8) is 0 Å². The molecule has 84 valence electrons. The third-order valence-electron chi connectivity index (χ3n) is 2.28. The van der Waals surface area contributed by atoms with E-state index in [1.54, 1.807) is 0 Å². The van der Waals surface area contributed by atoms with Crippen LogP contribution in [0.1, 0.15) is 27.2 Å². The van der Waals surface area contributed by atoms with Gasteiger partial charge in [-0.1, -0.05) is 20.8 Å². The Morgan fingerprint density at radius 2 is 2.00 bits per heavy atom. The highest BCUT2D eigenvalue weighted by Crippen LogP contribution is 2.03. The smallest absolute Gasteiger partial charge is 0.220 e. The van der Waals surface area contributed by atoms with E-state index >= 15 is 0 Å². The van der Waals surface area contributed by atoms with Gasteiger partial charge in [0.2, 0.25) is 5.91 Å². The molecule has 0 rings (SSSR count). The molecule has 4 heteroatoms. The third-order valence-corrected chi connectivity index (χ3v) is 2.28. The molecule has 0 aliphatic rings. The van der Waals surface area contributed by atoms with Crippen molar-refractivity contribution in [3.05, 3.63) is 0 Å². The lowest BCUT2D eigenvalue weighted by Gasteiger charge is -2.20. The van der Waals surface area contributed by atoms with Crippen LogP contribution in [0.25, 0.3) is 0 Å². The van der Waals surface area contributed by atoms with E-state index in [1.807, 2.05) is 20.8 Å². The minimum atomic E-state index is -0.146. The number of carbonyl (C=O) groups excluding carboxylic acids is 1. The average Bonchev–Trinajstić information content (AvgIpc) is 2.13. The molecule has 4 N–H and O–H groups in total. The number of nitrogens with one attached hydrogen (secondary N) is 1. The van der Waals surface area contributed by atoms with E-state index in [9.17, 15) is 4.79 Å². The van der Waals surface area contributed by atoms with E-state index in [0.29, 0.717) is 13.0 Å². The highest BCUT2D eigenvalue weighted by atomic mass is 16.3. The molecule has 0 heterocycles. The Hall–Kier alpha value is -0.610. The van der Waals surface area contributed by atoms with E-state index in [0.717, 1.165) is 0 Å². The molecular weight excluding hydrogens is 180 g/mol. The lowest BCUT2D eigenvalue weighted by Crippen LogP contribution is -2.41. The predicted octanol–water partition coefficient (Wildman–Crippen LogP) is 0.104. The molecule has 0 aromatic carbocycles. The normalized spacial score (nSPS) is 15.3. The number of aliphatic hydroxyl groups excluding tert-OH is 1. The highest BCUT2D eigenvalue weighted by molar-refractivity contribution is 5.76. The summed E-state index contributed by atoms with van der Waals surface area (Å²) in [6.07, 6.45) is 0.430. The van der Waals surface area contributed by atoms with Gasteiger partial charge < -0.3 is 16.2 Å². The summed E-state index contributed by atoms with van der Waals surface area (Å²) in [6, 6.07) is -0.146. The van der Waals surface area contributed by atoms with Gasteiger partial charge in [0, 0.05) is 6.42 Å². The molecule has 0 aliphatic heterocycles. The lowest BCUT2D eigenvalue weighted by atomic mass is 10.0. The van der Waals surface area contributed by atoms with Crippen LogP contribution in [-0.4, -0.2) is 30.2 Å². The van der Waals surface area contributed by atoms with E-state index in [-0.39, 0.29) is 30.4 Å². The van der Waals surface area contributed by atoms with Gasteiger partial charge in [0.25, 0.3) is 0 Å². The van der Waals surface area contributed by atoms with E-state index < -0.39 is 0 Å². The van der Waals surface area contributed by atoms with Gasteiger partial charge in [0.05, 0.1) is 12.6 Å². The second kappa shape index (κ2) is 6.79.